The molecule has 0 aliphatic carbocycles. The van der Waals surface area contributed by atoms with Crippen LogP contribution in [0, 0.1) is 0 Å². The van der Waals surface area contributed by atoms with Gasteiger partial charge in [-0.1, -0.05) is 0 Å². The molecule has 2 rings (SSSR count). The van der Waals surface area contributed by atoms with Crippen molar-refractivity contribution in [1.29, 1.82) is 0 Å². The number of fused-ring (bicyclic) bond motifs is 1. The molecule has 1 aromatic carbocycles. The molecular weight excluding hydrogens is 282 g/mol. The van der Waals surface area contributed by atoms with Gasteiger partial charge in [0.15, 0.2) is 0 Å². The normalized spacial score (nSPS) is 11.9. The lowest BCUT2D eigenvalue weighted by Gasteiger charge is -2.02. The van der Waals surface area contributed by atoms with Crippen LogP contribution in [0.2, 0.25) is 0 Å². The van der Waals surface area contributed by atoms with E-state index in [9.17, 15) is 8.42 Å². The molecule has 92 valence electrons. The monoisotopic (exact) mass is 291 g/mol. The lowest BCUT2D eigenvalue weighted by Crippen LogP contribution is -2.09. The molecule has 0 amide bonds. The van der Waals surface area contributed by atoms with Crippen LogP contribution < -0.4 is 9.88 Å². The Balaban J connectivity index is 2.41. The standard InChI is InChI=1S/C10H10ClNO3S2/c11-3-4-15-8-1-2-9-7(5-8)6-10(16-9)17(12,13)14/h1-2,5-6H,3-4H2,(H2,12,13,14). The average Bonchev–Trinajstić information content (AvgIpc) is 2.68. The number of hydrogen-bond acceptors (Lipinski definition) is 4. The van der Waals surface area contributed by atoms with Crippen LogP contribution in [0.1, 0.15) is 0 Å². The Bertz CT molecular complexity index is 636. The first-order chi connectivity index (χ1) is 8.00. The second-order valence-corrected chi connectivity index (χ2v) is 6.60. The number of ether oxygens (including phenoxy) is 1. The fourth-order valence-electron chi connectivity index (χ4n) is 1.38. The molecule has 0 spiro atoms. The first-order valence-electron chi connectivity index (χ1n) is 4.76. The minimum absolute atomic E-state index is 0.155. The summed E-state index contributed by atoms with van der Waals surface area (Å²) in [5, 5.41) is 5.87. The summed E-state index contributed by atoms with van der Waals surface area (Å²) in [5.74, 6) is 1.07. The quantitative estimate of drug-likeness (QED) is 0.878. The predicted molar refractivity (Wildman–Crippen MR) is 69.4 cm³/mol. The maximum atomic E-state index is 11.2. The number of benzene rings is 1. The van der Waals surface area contributed by atoms with Gasteiger partial charge in [0.25, 0.3) is 0 Å². The van der Waals surface area contributed by atoms with Crippen LogP contribution in [0.25, 0.3) is 10.1 Å². The van der Waals surface area contributed by atoms with Crippen LogP contribution in [0.4, 0.5) is 0 Å². The van der Waals surface area contributed by atoms with E-state index < -0.39 is 10.0 Å². The van der Waals surface area contributed by atoms with E-state index in [0.29, 0.717) is 18.2 Å². The highest BCUT2D eigenvalue weighted by Crippen LogP contribution is 2.30. The Morgan fingerprint density at radius 1 is 1.35 bits per heavy atom. The van der Waals surface area contributed by atoms with Crippen molar-refractivity contribution in [2.24, 2.45) is 5.14 Å². The molecular formula is C10H10ClNO3S2. The summed E-state index contributed by atoms with van der Waals surface area (Å²) in [6, 6.07) is 6.90. The Morgan fingerprint density at radius 3 is 2.76 bits per heavy atom. The summed E-state index contributed by atoms with van der Waals surface area (Å²) in [5.41, 5.74) is 0. The Hall–Kier alpha value is -0.820. The van der Waals surface area contributed by atoms with E-state index in [2.05, 4.69) is 0 Å². The van der Waals surface area contributed by atoms with Gasteiger partial charge in [-0.25, -0.2) is 13.6 Å². The van der Waals surface area contributed by atoms with Gasteiger partial charge in [-0.3, -0.25) is 0 Å². The fraction of sp³-hybridized carbons (Fsp3) is 0.200. The van der Waals surface area contributed by atoms with Crippen molar-refractivity contribution in [2.45, 2.75) is 4.21 Å². The Morgan fingerprint density at radius 2 is 2.12 bits per heavy atom. The van der Waals surface area contributed by atoms with Gasteiger partial charge in [0, 0.05) is 4.70 Å². The van der Waals surface area contributed by atoms with E-state index in [0.717, 1.165) is 21.4 Å². The van der Waals surface area contributed by atoms with Crippen molar-refractivity contribution in [3.05, 3.63) is 24.3 Å². The number of alkyl halides is 1. The first kappa shape index (κ1) is 12.6. The maximum absolute atomic E-state index is 11.2. The van der Waals surface area contributed by atoms with Crippen LogP contribution >= 0.6 is 22.9 Å². The molecule has 2 aromatic rings. The van der Waals surface area contributed by atoms with Crippen LogP contribution in [-0.2, 0) is 10.0 Å². The third-order valence-electron chi connectivity index (χ3n) is 2.09. The third-order valence-corrected chi connectivity index (χ3v) is 4.78. The molecule has 0 atom stereocenters. The van der Waals surface area contributed by atoms with Crippen molar-refractivity contribution in [3.63, 3.8) is 0 Å². The molecule has 0 aliphatic heterocycles. The third kappa shape index (κ3) is 2.90. The molecule has 1 aromatic heterocycles. The number of sulfonamides is 1. The Labute approximate surface area is 108 Å². The molecule has 0 aliphatic rings. The van der Waals surface area contributed by atoms with Gasteiger partial charge < -0.3 is 4.74 Å². The zero-order valence-corrected chi connectivity index (χ0v) is 11.1. The number of halogens is 1. The molecule has 0 unspecified atom stereocenters. The fourth-order valence-corrected chi connectivity index (χ4v) is 3.26. The predicted octanol–water partition coefficient (Wildman–Crippen LogP) is 2.17. The van der Waals surface area contributed by atoms with Gasteiger partial charge in [-0.2, -0.15) is 0 Å². The van der Waals surface area contributed by atoms with E-state index in [1.165, 1.54) is 0 Å². The van der Waals surface area contributed by atoms with E-state index in [-0.39, 0.29) is 4.21 Å². The molecule has 0 bridgehead atoms. The van der Waals surface area contributed by atoms with Crippen molar-refractivity contribution in [2.75, 3.05) is 12.5 Å². The van der Waals surface area contributed by atoms with Crippen molar-refractivity contribution < 1.29 is 13.2 Å². The first-order valence-corrected chi connectivity index (χ1v) is 7.65. The lowest BCUT2D eigenvalue weighted by atomic mass is 10.2. The zero-order chi connectivity index (χ0) is 12.5. The van der Waals surface area contributed by atoms with Crippen molar-refractivity contribution in [1.82, 2.24) is 0 Å². The molecule has 7 heteroatoms. The van der Waals surface area contributed by atoms with Gasteiger partial charge in [0.05, 0.1) is 5.88 Å². The average molecular weight is 292 g/mol. The number of rotatable bonds is 4. The number of hydrogen-bond donors (Lipinski definition) is 1. The summed E-state index contributed by atoms with van der Waals surface area (Å²) in [4.78, 5) is 0. The summed E-state index contributed by atoms with van der Waals surface area (Å²) in [6.45, 7) is 0.416. The zero-order valence-electron chi connectivity index (χ0n) is 8.72. The van der Waals surface area contributed by atoms with E-state index in [1.54, 1.807) is 24.3 Å². The highest BCUT2D eigenvalue weighted by atomic mass is 35.5. The topological polar surface area (TPSA) is 69.4 Å². The summed E-state index contributed by atoms with van der Waals surface area (Å²) < 4.78 is 28.8. The smallest absolute Gasteiger partial charge is 0.247 e. The minimum atomic E-state index is -3.64. The molecule has 0 saturated carbocycles. The van der Waals surface area contributed by atoms with Crippen LogP contribution in [0.15, 0.2) is 28.5 Å². The summed E-state index contributed by atoms with van der Waals surface area (Å²) in [7, 11) is -3.64. The van der Waals surface area contributed by atoms with E-state index in [4.69, 9.17) is 21.5 Å². The van der Waals surface area contributed by atoms with Crippen molar-refractivity contribution >= 4 is 43.0 Å². The molecule has 0 radical (unpaired) electrons. The number of thiophene rings is 1. The molecule has 4 nitrogen and oxygen atoms in total. The SMILES string of the molecule is NS(=O)(=O)c1cc2cc(OCCCl)ccc2s1. The summed E-state index contributed by atoms with van der Waals surface area (Å²) in [6.07, 6.45) is 0. The second-order valence-electron chi connectivity index (χ2n) is 3.35. The minimum Gasteiger partial charge on any atom is -0.492 e. The van der Waals surface area contributed by atoms with Gasteiger partial charge in [-0.15, -0.1) is 22.9 Å². The summed E-state index contributed by atoms with van der Waals surface area (Å²) >= 11 is 6.66. The highest BCUT2D eigenvalue weighted by molar-refractivity contribution is 7.91. The van der Waals surface area contributed by atoms with Crippen LogP contribution in [-0.4, -0.2) is 20.9 Å². The molecule has 17 heavy (non-hydrogen) atoms. The molecule has 1 heterocycles. The molecule has 0 fully saturated rings. The van der Waals surface area contributed by atoms with Gasteiger partial charge in [0.2, 0.25) is 10.0 Å². The molecule has 2 N–H and O–H groups in total. The van der Waals surface area contributed by atoms with Gasteiger partial charge in [0.1, 0.15) is 16.6 Å². The largest absolute Gasteiger partial charge is 0.492 e. The Kier molecular flexibility index (Phi) is 3.58. The lowest BCUT2D eigenvalue weighted by molar-refractivity contribution is 0.343. The van der Waals surface area contributed by atoms with Crippen molar-refractivity contribution in [3.8, 4) is 5.75 Å². The second kappa shape index (κ2) is 4.81. The number of nitrogens with two attached hydrogens (primary N) is 1. The van der Waals surface area contributed by atoms with Gasteiger partial charge in [-0.05, 0) is 29.7 Å². The van der Waals surface area contributed by atoms with E-state index >= 15 is 0 Å². The number of primary sulfonamides is 1. The highest BCUT2D eigenvalue weighted by Gasteiger charge is 2.12. The van der Waals surface area contributed by atoms with Gasteiger partial charge >= 0.3 is 0 Å². The maximum Gasteiger partial charge on any atom is 0.247 e. The van der Waals surface area contributed by atoms with Crippen LogP contribution in [0.3, 0.4) is 0 Å². The van der Waals surface area contributed by atoms with Crippen LogP contribution in [0.5, 0.6) is 5.75 Å². The molecule has 0 saturated heterocycles. The van der Waals surface area contributed by atoms with E-state index in [1.807, 2.05) is 0 Å².